The molecular formula is C19H20N4O3. The molecule has 1 aromatic carbocycles. The molecule has 0 spiro atoms. The van der Waals surface area contributed by atoms with Gasteiger partial charge in [-0.25, -0.2) is 0 Å². The van der Waals surface area contributed by atoms with Gasteiger partial charge in [-0.15, -0.1) is 0 Å². The quantitative estimate of drug-likeness (QED) is 0.783. The zero-order valence-corrected chi connectivity index (χ0v) is 14.5. The third-order valence-corrected chi connectivity index (χ3v) is 4.54. The minimum absolute atomic E-state index is 0.163. The molecule has 1 amide bonds. The van der Waals surface area contributed by atoms with Crippen LogP contribution in [-0.4, -0.2) is 37.4 Å². The first-order chi connectivity index (χ1) is 12.6. The van der Waals surface area contributed by atoms with Crippen LogP contribution in [0.1, 0.15) is 41.3 Å². The summed E-state index contributed by atoms with van der Waals surface area (Å²) < 4.78 is 7.22. The molecule has 0 bridgehead atoms. The molecular weight excluding hydrogens is 332 g/mol. The number of fused-ring (bicyclic) bond motifs is 1. The standard InChI is InChI=1S/C19H20N4O3/c1-13(24)16-10-15-12-22(8-5-9-23(15)20-16)19(25)17-11-18(26-21-17)14-6-3-2-4-7-14/h2-4,6-7,10-11,13,24H,5,8-9,12H2,1H3. The molecule has 0 radical (unpaired) electrons. The fourth-order valence-electron chi connectivity index (χ4n) is 3.14. The van der Waals surface area contributed by atoms with Gasteiger partial charge < -0.3 is 14.5 Å². The summed E-state index contributed by atoms with van der Waals surface area (Å²) in [6.07, 6.45) is 0.172. The van der Waals surface area contributed by atoms with Crippen LogP contribution >= 0.6 is 0 Å². The molecule has 3 heterocycles. The average Bonchev–Trinajstić information content (AvgIpc) is 3.25. The van der Waals surface area contributed by atoms with E-state index in [1.807, 2.05) is 41.1 Å². The number of carbonyl (C=O) groups is 1. The van der Waals surface area contributed by atoms with Crippen molar-refractivity contribution < 1.29 is 14.4 Å². The molecule has 7 heteroatoms. The van der Waals surface area contributed by atoms with Crippen molar-refractivity contribution in [2.24, 2.45) is 0 Å². The van der Waals surface area contributed by atoms with Gasteiger partial charge in [0, 0.05) is 24.7 Å². The Kier molecular flexibility index (Phi) is 4.30. The van der Waals surface area contributed by atoms with E-state index < -0.39 is 6.10 Å². The maximum atomic E-state index is 12.9. The maximum Gasteiger partial charge on any atom is 0.276 e. The summed E-state index contributed by atoms with van der Waals surface area (Å²) in [6.45, 7) is 3.47. The number of hydrogen-bond donors (Lipinski definition) is 1. The lowest BCUT2D eigenvalue weighted by molar-refractivity contribution is 0.0735. The van der Waals surface area contributed by atoms with E-state index in [1.165, 1.54) is 0 Å². The lowest BCUT2D eigenvalue weighted by Gasteiger charge is -2.18. The number of rotatable bonds is 3. The number of benzene rings is 1. The molecule has 4 rings (SSSR count). The zero-order valence-electron chi connectivity index (χ0n) is 14.5. The molecule has 7 nitrogen and oxygen atoms in total. The van der Waals surface area contributed by atoms with Crippen LogP contribution < -0.4 is 0 Å². The van der Waals surface area contributed by atoms with Crippen molar-refractivity contribution in [3.8, 4) is 11.3 Å². The summed E-state index contributed by atoms with van der Waals surface area (Å²) in [4.78, 5) is 14.6. The summed E-state index contributed by atoms with van der Waals surface area (Å²) in [6, 6.07) is 13.1. The van der Waals surface area contributed by atoms with Crippen LogP contribution in [0.4, 0.5) is 0 Å². The van der Waals surface area contributed by atoms with E-state index in [0.29, 0.717) is 30.2 Å². The van der Waals surface area contributed by atoms with Gasteiger partial charge in [-0.3, -0.25) is 9.48 Å². The predicted molar refractivity (Wildman–Crippen MR) is 94.2 cm³/mol. The minimum Gasteiger partial charge on any atom is -0.387 e. The van der Waals surface area contributed by atoms with Gasteiger partial charge in [-0.1, -0.05) is 35.5 Å². The van der Waals surface area contributed by atoms with Crippen molar-refractivity contribution in [2.75, 3.05) is 6.54 Å². The molecule has 1 N–H and O–H groups in total. The topological polar surface area (TPSA) is 84.4 Å². The van der Waals surface area contributed by atoms with Crippen molar-refractivity contribution in [3.63, 3.8) is 0 Å². The van der Waals surface area contributed by atoms with E-state index in [2.05, 4.69) is 10.3 Å². The number of aliphatic hydroxyl groups is 1. The van der Waals surface area contributed by atoms with Gasteiger partial charge in [0.05, 0.1) is 24.0 Å². The van der Waals surface area contributed by atoms with Crippen LogP contribution in [0.25, 0.3) is 11.3 Å². The van der Waals surface area contributed by atoms with E-state index >= 15 is 0 Å². The fourth-order valence-corrected chi connectivity index (χ4v) is 3.14. The summed E-state index contributed by atoms with van der Waals surface area (Å²) in [7, 11) is 0. The molecule has 0 saturated carbocycles. The molecule has 0 fully saturated rings. The van der Waals surface area contributed by atoms with E-state index in [0.717, 1.165) is 24.2 Å². The first-order valence-corrected chi connectivity index (χ1v) is 8.68. The number of aliphatic hydroxyl groups excluding tert-OH is 1. The van der Waals surface area contributed by atoms with Crippen LogP contribution in [0.2, 0.25) is 0 Å². The highest BCUT2D eigenvalue weighted by atomic mass is 16.5. The highest BCUT2D eigenvalue weighted by Gasteiger charge is 2.25. The van der Waals surface area contributed by atoms with Gasteiger partial charge in [0.2, 0.25) is 0 Å². The van der Waals surface area contributed by atoms with Crippen LogP contribution in [-0.2, 0) is 13.1 Å². The van der Waals surface area contributed by atoms with Crippen LogP contribution in [0.3, 0.4) is 0 Å². The van der Waals surface area contributed by atoms with E-state index in [9.17, 15) is 9.90 Å². The van der Waals surface area contributed by atoms with Crippen LogP contribution in [0.15, 0.2) is 47.0 Å². The second-order valence-corrected chi connectivity index (χ2v) is 6.48. The first kappa shape index (κ1) is 16.5. The number of aromatic nitrogens is 3. The molecule has 2 aromatic heterocycles. The molecule has 1 unspecified atom stereocenters. The third-order valence-electron chi connectivity index (χ3n) is 4.54. The zero-order chi connectivity index (χ0) is 18.1. The molecule has 0 aliphatic carbocycles. The van der Waals surface area contributed by atoms with Crippen molar-refractivity contribution >= 4 is 5.91 Å². The predicted octanol–water partition coefficient (Wildman–Crippen LogP) is 2.64. The second-order valence-electron chi connectivity index (χ2n) is 6.48. The lowest BCUT2D eigenvalue weighted by Crippen LogP contribution is -2.30. The van der Waals surface area contributed by atoms with E-state index in [-0.39, 0.29) is 5.91 Å². The van der Waals surface area contributed by atoms with Gasteiger partial charge in [0.1, 0.15) is 0 Å². The number of carbonyl (C=O) groups excluding carboxylic acids is 1. The summed E-state index contributed by atoms with van der Waals surface area (Å²) in [5.74, 6) is 0.411. The van der Waals surface area contributed by atoms with Crippen molar-refractivity contribution in [1.82, 2.24) is 19.8 Å². The Hall–Kier alpha value is -2.93. The summed E-state index contributed by atoms with van der Waals surface area (Å²) in [5.41, 5.74) is 2.72. The molecule has 3 aromatic rings. The average molecular weight is 352 g/mol. The van der Waals surface area contributed by atoms with Gasteiger partial charge >= 0.3 is 0 Å². The Balaban J connectivity index is 1.55. The number of aryl methyl sites for hydroxylation is 1. The number of nitrogens with zero attached hydrogens (tertiary/aromatic N) is 4. The first-order valence-electron chi connectivity index (χ1n) is 8.68. The van der Waals surface area contributed by atoms with Crippen molar-refractivity contribution in [1.29, 1.82) is 0 Å². The Bertz CT molecular complexity index is 914. The van der Waals surface area contributed by atoms with Gasteiger partial charge in [-0.05, 0) is 19.4 Å². The smallest absolute Gasteiger partial charge is 0.276 e. The van der Waals surface area contributed by atoms with Crippen molar-refractivity contribution in [3.05, 3.63) is 59.5 Å². The van der Waals surface area contributed by atoms with Crippen LogP contribution in [0.5, 0.6) is 0 Å². The Morgan fingerprint density at radius 2 is 2.04 bits per heavy atom. The Labute approximate surface area is 150 Å². The molecule has 1 aliphatic heterocycles. The van der Waals surface area contributed by atoms with Crippen molar-refractivity contribution in [2.45, 2.75) is 32.5 Å². The van der Waals surface area contributed by atoms with Gasteiger partial charge in [0.15, 0.2) is 11.5 Å². The van der Waals surface area contributed by atoms with E-state index in [1.54, 1.807) is 17.9 Å². The number of amides is 1. The third kappa shape index (κ3) is 3.13. The van der Waals surface area contributed by atoms with Crippen LogP contribution in [0, 0.1) is 0 Å². The fraction of sp³-hybridized carbons (Fsp3) is 0.316. The molecule has 1 atom stereocenters. The molecule has 134 valence electrons. The maximum absolute atomic E-state index is 12.9. The minimum atomic E-state index is -0.623. The monoisotopic (exact) mass is 352 g/mol. The Morgan fingerprint density at radius 3 is 2.81 bits per heavy atom. The normalized spacial score (nSPS) is 15.4. The second kappa shape index (κ2) is 6.76. The largest absolute Gasteiger partial charge is 0.387 e. The van der Waals surface area contributed by atoms with Gasteiger partial charge in [0.25, 0.3) is 5.91 Å². The molecule has 0 saturated heterocycles. The number of hydrogen-bond acceptors (Lipinski definition) is 5. The lowest BCUT2D eigenvalue weighted by atomic mass is 10.1. The molecule has 26 heavy (non-hydrogen) atoms. The summed E-state index contributed by atoms with van der Waals surface area (Å²) >= 11 is 0. The summed E-state index contributed by atoms with van der Waals surface area (Å²) in [5, 5.41) is 18.1. The highest BCUT2D eigenvalue weighted by molar-refractivity contribution is 5.93. The van der Waals surface area contributed by atoms with E-state index in [4.69, 9.17) is 4.52 Å². The Morgan fingerprint density at radius 1 is 1.23 bits per heavy atom. The highest BCUT2D eigenvalue weighted by Crippen LogP contribution is 2.22. The molecule has 1 aliphatic rings. The van der Waals surface area contributed by atoms with Gasteiger partial charge in [-0.2, -0.15) is 5.10 Å². The SMILES string of the molecule is CC(O)c1cc2n(n1)CCCN(C(=O)c1cc(-c3ccccc3)on1)C2.